The van der Waals surface area contributed by atoms with Crippen molar-refractivity contribution < 1.29 is 0 Å². The Kier molecular flexibility index (Phi) is 2.71. The molecular formula is C17H24N2. The maximum atomic E-state index is 5.99. The molecule has 102 valence electrons. The van der Waals surface area contributed by atoms with Gasteiger partial charge in [0.15, 0.2) is 0 Å². The van der Waals surface area contributed by atoms with E-state index in [2.05, 4.69) is 29.6 Å². The van der Waals surface area contributed by atoms with Crippen molar-refractivity contribution in [3.05, 3.63) is 35.4 Å². The molecule has 0 aromatic heterocycles. The predicted octanol–water partition coefficient (Wildman–Crippen LogP) is 2.50. The topological polar surface area (TPSA) is 38.0 Å². The molecule has 2 fully saturated rings. The Morgan fingerprint density at radius 1 is 1.11 bits per heavy atom. The third-order valence-corrected chi connectivity index (χ3v) is 5.68. The number of nitrogens with two attached hydrogens (primary N) is 1. The van der Waals surface area contributed by atoms with Crippen LogP contribution in [0.5, 0.6) is 0 Å². The van der Waals surface area contributed by atoms with Gasteiger partial charge in [-0.25, -0.2) is 0 Å². The summed E-state index contributed by atoms with van der Waals surface area (Å²) in [5.74, 6) is 0. The molecule has 2 heteroatoms. The first kappa shape index (κ1) is 11.9. The lowest BCUT2D eigenvalue weighted by molar-refractivity contribution is 0.333. The smallest absolute Gasteiger partial charge is 0.0176 e. The van der Waals surface area contributed by atoms with Crippen LogP contribution in [0.1, 0.15) is 49.7 Å². The van der Waals surface area contributed by atoms with Gasteiger partial charge in [-0.1, -0.05) is 24.3 Å². The summed E-state index contributed by atoms with van der Waals surface area (Å²) in [7, 11) is 0. The lowest BCUT2D eigenvalue weighted by atomic mass is 9.91. The second kappa shape index (κ2) is 4.32. The summed E-state index contributed by atoms with van der Waals surface area (Å²) in [5.41, 5.74) is 9.72. The Morgan fingerprint density at radius 3 is 2.74 bits per heavy atom. The molecule has 3 aliphatic rings. The Morgan fingerprint density at radius 2 is 1.89 bits per heavy atom. The van der Waals surface area contributed by atoms with Gasteiger partial charge in [0.05, 0.1) is 0 Å². The van der Waals surface area contributed by atoms with Gasteiger partial charge in [0.2, 0.25) is 0 Å². The molecule has 1 aromatic carbocycles. The van der Waals surface area contributed by atoms with Crippen LogP contribution >= 0.6 is 0 Å². The number of nitrogens with one attached hydrogen (secondary N) is 1. The summed E-state index contributed by atoms with van der Waals surface area (Å²) >= 11 is 0. The lowest BCUT2D eigenvalue weighted by Crippen LogP contribution is -2.40. The van der Waals surface area contributed by atoms with Crippen LogP contribution in [-0.2, 0) is 11.8 Å². The molecule has 0 heterocycles. The third kappa shape index (κ3) is 1.93. The third-order valence-electron chi connectivity index (χ3n) is 5.68. The van der Waals surface area contributed by atoms with Crippen LogP contribution in [0.15, 0.2) is 24.3 Å². The van der Waals surface area contributed by atoms with Crippen molar-refractivity contribution in [2.75, 3.05) is 0 Å². The standard InChI is InChI=1S/C17H24N2/c18-13-5-7-14(8-6-13)19-16-11-17(16)10-9-12-3-1-2-4-15(12)17/h1-4,13-14,16,19H,5-11,18H2/t13-,14-,16-,17+/m1/s1. The zero-order chi connectivity index (χ0) is 12.9. The first-order valence-electron chi connectivity index (χ1n) is 7.88. The fourth-order valence-electron chi connectivity index (χ4n) is 4.38. The van der Waals surface area contributed by atoms with Gasteiger partial charge in [0, 0.05) is 23.5 Å². The molecule has 0 unspecified atom stereocenters. The summed E-state index contributed by atoms with van der Waals surface area (Å²) in [5, 5.41) is 3.93. The van der Waals surface area contributed by atoms with Gasteiger partial charge in [-0.3, -0.25) is 0 Å². The van der Waals surface area contributed by atoms with Gasteiger partial charge >= 0.3 is 0 Å². The van der Waals surface area contributed by atoms with E-state index in [-0.39, 0.29) is 0 Å². The Bertz CT molecular complexity index is 476. The van der Waals surface area contributed by atoms with E-state index in [1.54, 1.807) is 11.1 Å². The molecule has 19 heavy (non-hydrogen) atoms. The number of rotatable bonds is 2. The molecule has 1 spiro atoms. The van der Waals surface area contributed by atoms with E-state index >= 15 is 0 Å². The average Bonchev–Trinajstić information content (AvgIpc) is 3.00. The zero-order valence-corrected chi connectivity index (χ0v) is 11.6. The molecule has 2 nitrogen and oxygen atoms in total. The Hall–Kier alpha value is -0.860. The maximum absolute atomic E-state index is 5.99. The van der Waals surface area contributed by atoms with E-state index in [4.69, 9.17) is 5.73 Å². The minimum absolute atomic E-state index is 0.457. The summed E-state index contributed by atoms with van der Waals surface area (Å²) in [6.07, 6.45) is 8.94. The lowest BCUT2D eigenvalue weighted by Gasteiger charge is -2.28. The largest absolute Gasteiger partial charge is 0.328 e. The van der Waals surface area contributed by atoms with Crippen LogP contribution < -0.4 is 11.1 Å². The SMILES string of the molecule is N[C@H]1CC[C@H](N[C@@H]2C[C@]23CCc2ccccc23)CC1. The number of fused-ring (bicyclic) bond motifs is 2. The Labute approximate surface area is 115 Å². The van der Waals surface area contributed by atoms with E-state index < -0.39 is 0 Å². The van der Waals surface area contributed by atoms with Crippen molar-refractivity contribution in [1.29, 1.82) is 0 Å². The minimum Gasteiger partial charge on any atom is -0.328 e. The van der Waals surface area contributed by atoms with E-state index in [0.29, 0.717) is 11.5 Å². The van der Waals surface area contributed by atoms with E-state index in [1.807, 2.05) is 0 Å². The molecule has 3 N–H and O–H groups in total. The molecule has 2 atom stereocenters. The summed E-state index contributed by atoms with van der Waals surface area (Å²) in [6, 6.07) is 11.0. The molecule has 3 aliphatic carbocycles. The van der Waals surface area contributed by atoms with E-state index in [9.17, 15) is 0 Å². The highest BCUT2D eigenvalue weighted by Gasteiger charge is 2.58. The Balaban J connectivity index is 1.44. The van der Waals surface area contributed by atoms with Gasteiger partial charge in [0.25, 0.3) is 0 Å². The van der Waals surface area contributed by atoms with Crippen molar-refractivity contribution in [2.45, 2.75) is 68.5 Å². The zero-order valence-electron chi connectivity index (χ0n) is 11.6. The van der Waals surface area contributed by atoms with Crippen LogP contribution in [0.3, 0.4) is 0 Å². The monoisotopic (exact) mass is 256 g/mol. The van der Waals surface area contributed by atoms with Gasteiger partial charge < -0.3 is 11.1 Å². The number of hydrogen-bond donors (Lipinski definition) is 2. The fraction of sp³-hybridized carbons (Fsp3) is 0.647. The highest BCUT2D eigenvalue weighted by Crippen LogP contribution is 2.57. The quantitative estimate of drug-likeness (QED) is 0.853. The highest BCUT2D eigenvalue weighted by atomic mass is 15.0. The van der Waals surface area contributed by atoms with Gasteiger partial charge in [0.1, 0.15) is 0 Å². The van der Waals surface area contributed by atoms with Crippen LogP contribution in [0.4, 0.5) is 0 Å². The molecule has 0 saturated heterocycles. The second-order valence-electron chi connectivity index (χ2n) is 6.85. The number of aryl methyl sites for hydroxylation is 1. The van der Waals surface area contributed by atoms with E-state index in [1.165, 1.54) is 44.9 Å². The highest BCUT2D eigenvalue weighted by molar-refractivity contribution is 5.46. The molecule has 0 bridgehead atoms. The minimum atomic E-state index is 0.457. The van der Waals surface area contributed by atoms with Crippen LogP contribution in [0.2, 0.25) is 0 Å². The first-order valence-corrected chi connectivity index (χ1v) is 7.88. The molecule has 2 saturated carbocycles. The average molecular weight is 256 g/mol. The molecular weight excluding hydrogens is 232 g/mol. The summed E-state index contributed by atoms with van der Waals surface area (Å²) in [4.78, 5) is 0. The van der Waals surface area contributed by atoms with Crippen LogP contribution in [0.25, 0.3) is 0 Å². The maximum Gasteiger partial charge on any atom is 0.0176 e. The van der Waals surface area contributed by atoms with Crippen molar-refractivity contribution in [1.82, 2.24) is 5.32 Å². The molecule has 1 aromatic rings. The van der Waals surface area contributed by atoms with Crippen molar-refractivity contribution >= 4 is 0 Å². The van der Waals surface area contributed by atoms with Crippen LogP contribution in [-0.4, -0.2) is 18.1 Å². The summed E-state index contributed by atoms with van der Waals surface area (Å²) < 4.78 is 0. The van der Waals surface area contributed by atoms with Gasteiger partial charge in [-0.05, 0) is 56.1 Å². The van der Waals surface area contributed by atoms with Crippen molar-refractivity contribution in [3.63, 3.8) is 0 Å². The number of benzene rings is 1. The van der Waals surface area contributed by atoms with Crippen molar-refractivity contribution in [3.8, 4) is 0 Å². The molecule has 4 rings (SSSR count). The van der Waals surface area contributed by atoms with Crippen LogP contribution in [0, 0.1) is 0 Å². The van der Waals surface area contributed by atoms with Gasteiger partial charge in [-0.2, -0.15) is 0 Å². The molecule has 0 radical (unpaired) electrons. The van der Waals surface area contributed by atoms with Crippen molar-refractivity contribution in [2.24, 2.45) is 5.73 Å². The van der Waals surface area contributed by atoms with Gasteiger partial charge in [-0.15, -0.1) is 0 Å². The predicted molar refractivity (Wildman–Crippen MR) is 78.2 cm³/mol. The summed E-state index contributed by atoms with van der Waals surface area (Å²) in [6.45, 7) is 0. The fourth-order valence-corrected chi connectivity index (χ4v) is 4.38. The molecule has 0 amide bonds. The molecule has 0 aliphatic heterocycles. The second-order valence-corrected chi connectivity index (χ2v) is 6.85. The number of hydrogen-bond acceptors (Lipinski definition) is 2. The first-order chi connectivity index (χ1) is 9.28. The normalized spacial score (nSPS) is 40.4. The van der Waals surface area contributed by atoms with E-state index in [0.717, 1.165) is 12.1 Å².